The summed E-state index contributed by atoms with van der Waals surface area (Å²) in [6.07, 6.45) is 3.68. The summed E-state index contributed by atoms with van der Waals surface area (Å²) in [5.74, 6) is -0.233. The molecule has 0 saturated carbocycles. The lowest BCUT2D eigenvalue weighted by molar-refractivity contribution is 0.102. The van der Waals surface area contributed by atoms with Gasteiger partial charge in [0.2, 0.25) is 0 Å². The molecular weight excluding hydrogens is 380 g/mol. The Labute approximate surface area is 166 Å². The van der Waals surface area contributed by atoms with Gasteiger partial charge in [-0.2, -0.15) is 0 Å². The fourth-order valence-corrected chi connectivity index (χ4v) is 4.13. The number of aromatic nitrogens is 3. The van der Waals surface area contributed by atoms with E-state index in [1.165, 1.54) is 0 Å². The third kappa shape index (κ3) is 3.34. The summed E-state index contributed by atoms with van der Waals surface area (Å²) in [6, 6.07) is 15.4. The molecule has 0 saturated heterocycles. The van der Waals surface area contributed by atoms with Crippen LogP contribution in [0, 0.1) is 0 Å². The Morgan fingerprint density at radius 1 is 1.11 bits per heavy atom. The average Bonchev–Trinajstić information content (AvgIpc) is 3.18. The zero-order valence-electron chi connectivity index (χ0n) is 14.8. The molecule has 0 radical (unpaired) electrons. The third-order valence-corrected chi connectivity index (χ3v) is 5.83. The van der Waals surface area contributed by atoms with Crippen molar-refractivity contribution in [2.45, 2.75) is 10.1 Å². The summed E-state index contributed by atoms with van der Waals surface area (Å²) in [4.78, 5) is 18.1. The monoisotopic (exact) mass is 396 g/mol. The highest BCUT2D eigenvalue weighted by Gasteiger charge is 2.19. The van der Waals surface area contributed by atoms with E-state index in [0.717, 1.165) is 21.0 Å². The first kappa shape index (κ1) is 17.7. The van der Waals surface area contributed by atoms with Gasteiger partial charge in [-0.3, -0.25) is 4.79 Å². The van der Waals surface area contributed by atoms with E-state index in [2.05, 4.69) is 10.3 Å². The number of fused-ring (bicyclic) bond motifs is 1. The van der Waals surface area contributed by atoms with Crippen molar-refractivity contribution < 1.29 is 4.79 Å². The highest BCUT2D eigenvalue weighted by Crippen LogP contribution is 2.31. The number of halogens is 1. The number of carbonyl (C=O) groups excluding carboxylic acids is 1. The van der Waals surface area contributed by atoms with Crippen LogP contribution in [0.5, 0.6) is 0 Å². The van der Waals surface area contributed by atoms with Crippen LogP contribution < -0.4 is 5.32 Å². The van der Waals surface area contributed by atoms with Crippen LogP contribution in [0.1, 0.15) is 10.5 Å². The maximum atomic E-state index is 12.8. The van der Waals surface area contributed by atoms with E-state index in [9.17, 15) is 4.79 Å². The van der Waals surface area contributed by atoms with E-state index in [1.807, 2.05) is 78.0 Å². The number of rotatable bonds is 4. The van der Waals surface area contributed by atoms with Crippen molar-refractivity contribution in [2.24, 2.45) is 14.1 Å². The van der Waals surface area contributed by atoms with Crippen molar-refractivity contribution in [1.82, 2.24) is 14.1 Å². The van der Waals surface area contributed by atoms with Crippen molar-refractivity contribution in [3.8, 4) is 0 Å². The van der Waals surface area contributed by atoms with E-state index in [4.69, 9.17) is 11.6 Å². The molecule has 0 aliphatic carbocycles. The number of carbonyl (C=O) groups is 1. The molecule has 7 heteroatoms. The minimum atomic E-state index is -0.233. The fourth-order valence-electron chi connectivity index (χ4n) is 2.95. The van der Waals surface area contributed by atoms with E-state index in [1.54, 1.807) is 18.0 Å². The average molecular weight is 397 g/mol. The predicted octanol–water partition coefficient (Wildman–Crippen LogP) is 4.97. The number of hydrogen-bond acceptors (Lipinski definition) is 3. The molecule has 1 amide bonds. The second-order valence-electron chi connectivity index (χ2n) is 6.14. The topological polar surface area (TPSA) is 51.9 Å². The van der Waals surface area contributed by atoms with Crippen molar-refractivity contribution in [3.05, 3.63) is 71.6 Å². The number of para-hydroxylation sites is 1. The number of nitrogens with zero attached hydrogens (tertiary/aromatic N) is 3. The standard InChI is InChI=1S/C20H17ClN4OS/c1-24-12-11-22-20(24)27-14-9-7-13(8-10-14)23-19(26)18-17(21)15-5-3-4-6-16(15)25(18)2/h3-12H,1-2H3,(H,23,26). The lowest BCUT2D eigenvalue weighted by atomic mass is 10.2. The smallest absolute Gasteiger partial charge is 0.273 e. The number of aryl methyl sites for hydroxylation is 2. The van der Waals surface area contributed by atoms with E-state index in [-0.39, 0.29) is 5.91 Å². The van der Waals surface area contributed by atoms with E-state index >= 15 is 0 Å². The molecular formula is C20H17ClN4OS. The highest BCUT2D eigenvalue weighted by molar-refractivity contribution is 7.99. The molecule has 0 fully saturated rings. The molecule has 0 spiro atoms. The van der Waals surface area contributed by atoms with E-state index in [0.29, 0.717) is 16.4 Å². The highest BCUT2D eigenvalue weighted by atomic mass is 35.5. The van der Waals surface area contributed by atoms with Crippen molar-refractivity contribution in [1.29, 1.82) is 0 Å². The molecule has 4 aromatic rings. The Kier molecular flexibility index (Phi) is 4.68. The van der Waals surface area contributed by atoms with Crippen LogP contribution in [0.3, 0.4) is 0 Å². The molecule has 136 valence electrons. The van der Waals surface area contributed by atoms with Gasteiger partial charge < -0.3 is 14.5 Å². The van der Waals surface area contributed by atoms with Crippen molar-refractivity contribution >= 4 is 45.9 Å². The van der Waals surface area contributed by atoms with Gasteiger partial charge in [0.05, 0.1) is 5.02 Å². The van der Waals surface area contributed by atoms with Gasteiger partial charge in [0, 0.05) is 48.0 Å². The van der Waals surface area contributed by atoms with E-state index < -0.39 is 0 Å². The first-order valence-corrected chi connectivity index (χ1v) is 9.53. The molecule has 27 heavy (non-hydrogen) atoms. The molecule has 4 rings (SSSR count). The number of amides is 1. The van der Waals surface area contributed by atoms with Gasteiger partial charge in [-0.05, 0) is 30.3 Å². The number of imidazole rings is 1. The minimum absolute atomic E-state index is 0.233. The molecule has 2 heterocycles. The molecule has 0 bridgehead atoms. The molecule has 5 nitrogen and oxygen atoms in total. The summed E-state index contributed by atoms with van der Waals surface area (Å²) < 4.78 is 3.78. The Morgan fingerprint density at radius 2 is 1.85 bits per heavy atom. The molecule has 0 aliphatic heterocycles. The van der Waals surface area contributed by atoms with Gasteiger partial charge in [-0.25, -0.2) is 4.98 Å². The summed E-state index contributed by atoms with van der Waals surface area (Å²) >= 11 is 8.02. The molecule has 2 aromatic heterocycles. The second-order valence-corrected chi connectivity index (χ2v) is 7.56. The lowest BCUT2D eigenvalue weighted by Gasteiger charge is -2.08. The lowest BCUT2D eigenvalue weighted by Crippen LogP contribution is -2.16. The van der Waals surface area contributed by atoms with Gasteiger partial charge in [0.25, 0.3) is 5.91 Å². The van der Waals surface area contributed by atoms with Crippen LogP contribution in [0.4, 0.5) is 5.69 Å². The zero-order chi connectivity index (χ0) is 19.0. The first-order chi connectivity index (χ1) is 13.0. The number of benzene rings is 2. The number of anilines is 1. The van der Waals surface area contributed by atoms with Gasteiger partial charge >= 0.3 is 0 Å². The van der Waals surface area contributed by atoms with Crippen LogP contribution in [-0.2, 0) is 14.1 Å². The third-order valence-electron chi connectivity index (χ3n) is 4.36. The predicted molar refractivity (Wildman–Crippen MR) is 110 cm³/mol. The van der Waals surface area contributed by atoms with Gasteiger partial charge in [0.15, 0.2) is 5.16 Å². The summed E-state index contributed by atoms with van der Waals surface area (Å²) in [6.45, 7) is 0. The normalized spacial score (nSPS) is 11.1. The van der Waals surface area contributed by atoms with Crippen LogP contribution >= 0.6 is 23.4 Å². The van der Waals surface area contributed by atoms with Crippen molar-refractivity contribution in [3.63, 3.8) is 0 Å². The second kappa shape index (κ2) is 7.13. The molecule has 0 atom stereocenters. The Balaban J connectivity index is 1.54. The molecule has 0 aliphatic rings. The number of nitrogens with one attached hydrogen (secondary N) is 1. The summed E-state index contributed by atoms with van der Waals surface area (Å²) in [7, 11) is 3.80. The maximum absolute atomic E-state index is 12.8. The SMILES string of the molecule is Cn1ccnc1Sc1ccc(NC(=O)c2c(Cl)c3ccccc3n2C)cc1. The maximum Gasteiger partial charge on any atom is 0.273 e. The quantitative estimate of drug-likeness (QED) is 0.530. The fraction of sp³-hybridized carbons (Fsp3) is 0.100. The Bertz CT molecular complexity index is 1090. The summed E-state index contributed by atoms with van der Waals surface area (Å²) in [5.41, 5.74) is 2.09. The Morgan fingerprint density at radius 3 is 2.52 bits per heavy atom. The van der Waals surface area contributed by atoms with Crippen LogP contribution in [0.15, 0.2) is 71.0 Å². The Hall–Kier alpha value is -2.70. The zero-order valence-corrected chi connectivity index (χ0v) is 16.4. The van der Waals surface area contributed by atoms with Crippen LogP contribution in [0.2, 0.25) is 5.02 Å². The number of hydrogen-bond donors (Lipinski definition) is 1. The van der Waals surface area contributed by atoms with Crippen LogP contribution in [0.25, 0.3) is 10.9 Å². The largest absolute Gasteiger partial charge is 0.338 e. The first-order valence-electron chi connectivity index (χ1n) is 8.34. The minimum Gasteiger partial charge on any atom is -0.338 e. The molecule has 1 N–H and O–H groups in total. The molecule has 0 unspecified atom stereocenters. The summed E-state index contributed by atoms with van der Waals surface area (Å²) in [5, 5.41) is 5.17. The van der Waals surface area contributed by atoms with Crippen molar-refractivity contribution in [2.75, 3.05) is 5.32 Å². The molecule has 2 aromatic carbocycles. The van der Waals surface area contributed by atoms with Gasteiger partial charge in [-0.15, -0.1) is 0 Å². The van der Waals surface area contributed by atoms with Gasteiger partial charge in [-0.1, -0.05) is 41.6 Å². The van der Waals surface area contributed by atoms with Gasteiger partial charge in [0.1, 0.15) is 5.69 Å². The van der Waals surface area contributed by atoms with Crippen LogP contribution in [-0.4, -0.2) is 20.0 Å².